The van der Waals surface area contributed by atoms with E-state index in [9.17, 15) is 9.59 Å². The van der Waals surface area contributed by atoms with E-state index in [4.69, 9.17) is 11.1 Å². The maximum absolute atomic E-state index is 12.3. The van der Waals surface area contributed by atoms with Gasteiger partial charge in [0.1, 0.15) is 11.5 Å². The highest BCUT2D eigenvalue weighted by atomic mass is 16.6. The van der Waals surface area contributed by atoms with E-state index in [1.54, 1.807) is 42.2 Å². The van der Waals surface area contributed by atoms with Crippen LogP contribution in [0.3, 0.4) is 0 Å². The minimum absolute atomic E-state index is 0.162. The molecule has 2 rings (SSSR count). The van der Waals surface area contributed by atoms with E-state index in [2.05, 4.69) is 20.6 Å². The molecule has 0 aliphatic heterocycles. The van der Waals surface area contributed by atoms with Gasteiger partial charge in [0.15, 0.2) is 0 Å². The number of nitrogens with one attached hydrogen (secondary N) is 3. The summed E-state index contributed by atoms with van der Waals surface area (Å²) in [6.07, 6.45) is 3.57. The van der Waals surface area contributed by atoms with Crippen LogP contribution < -0.4 is 16.5 Å². The number of carbonyl (C=O) groups is 2. The summed E-state index contributed by atoms with van der Waals surface area (Å²) in [5.41, 5.74) is 9.51. The van der Waals surface area contributed by atoms with E-state index in [1.165, 1.54) is 7.11 Å². The summed E-state index contributed by atoms with van der Waals surface area (Å²) < 4.78 is 1.64. The molecule has 0 aliphatic rings. The van der Waals surface area contributed by atoms with Crippen molar-refractivity contribution in [3.63, 3.8) is 0 Å². The van der Waals surface area contributed by atoms with Crippen LogP contribution >= 0.6 is 0 Å². The molecule has 2 amide bonds. The molecule has 5 N–H and O–H groups in total. The summed E-state index contributed by atoms with van der Waals surface area (Å²) in [6.45, 7) is 0.282. The second-order valence-corrected chi connectivity index (χ2v) is 5.28. The number of primary amides is 1. The van der Waals surface area contributed by atoms with Crippen LogP contribution in [0.15, 0.2) is 30.6 Å². The average Bonchev–Trinajstić information content (AvgIpc) is 2.96. The Morgan fingerprint density at radius 2 is 2.20 bits per heavy atom. The van der Waals surface area contributed by atoms with Crippen molar-refractivity contribution < 1.29 is 14.4 Å². The highest BCUT2D eigenvalue weighted by molar-refractivity contribution is 6.00. The molecule has 9 nitrogen and oxygen atoms in total. The molecular weight excluding hydrogens is 324 g/mol. The molecule has 0 saturated heterocycles. The van der Waals surface area contributed by atoms with Gasteiger partial charge in [0, 0.05) is 38.0 Å². The van der Waals surface area contributed by atoms with E-state index in [0.717, 1.165) is 0 Å². The predicted octanol–water partition coefficient (Wildman–Crippen LogP) is 0.434. The summed E-state index contributed by atoms with van der Waals surface area (Å²) in [6, 6.07) is 4.86. The molecule has 132 valence electrons. The number of nitrogens with two attached hydrogens (primary N) is 1. The summed E-state index contributed by atoms with van der Waals surface area (Å²) >= 11 is 0. The highest BCUT2D eigenvalue weighted by Crippen LogP contribution is 2.23. The number of nitrogens with zero attached hydrogens (tertiary/aromatic N) is 2. The second kappa shape index (κ2) is 8.06. The van der Waals surface area contributed by atoms with Crippen LogP contribution in [-0.4, -0.2) is 40.9 Å². The number of carbonyl (C=O) groups excluding carboxylic acids is 2. The van der Waals surface area contributed by atoms with Crippen molar-refractivity contribution in [3.8, 4) is 11.3 Å². The molecule has 0 saturated carbocycles. The maximum Gasteiger partial charge on any atom is 0.267 e. The zero-order valence-corrected chi connectivity index (χ0v) is 14.0. The molecule has 0 fully saturated rings. The Morgan fingerprint density at radius 3 is 2.88 bits per heavy atom. The zero-order valence-electron chi connectivity index (χ0n) is 14.0. The van der Waals surface area contributed by atoms with E-state index < -0.39 is 5.91 Å². The Hall–Kier alpha value is -3.20. The van der Waals surface area contributed by atoms with E-state index >= 15 is 0 Å². The Morgan fingerprint density at radius 1 is 1.44 bits per heavy atom. The first-order chi connectivity index (χ1) is 11.9. The number of hydroxylamine groups is 1. The third-order valence-corrected chi connectivity index (χ3v) is 3.47. The van der Waals surface area contributed by atoms with Crippen LogP contribution in [0.1, 0.15) is 27.3 Å². The van der Waals surface area contributed by atoms with Crippen molar-refractivity contribution in [2.24, 2.45) is 12.8 Å². The Kier molecular flexibility index (Phi) is 5.85. The van der Waals surface area contributed by atoms with Crippen molar-refractivity contribution in [2.45, 2.75) is 6.42 Å². The number of amides is 2. The third-order valence-electron chi connectivity index (χ3n) is 3.47. The van der Waals surface area contributed by atoms with Gasteiger partial charge in [-0.2, -0.15) is 0 Å². The van der Waals surface area contributed by atoms with Crippen LogP contribution in [0.2, 0.25) is 0 Å². The van der Waals surface area contributed by atoms with Crippen molar-refractivity contribution in [2.75, 3.05) is 13.7 Å². The lowest BCUT2D eigenvalue weighted by molar-refractivity contribution is 0.0944. The third kappa shape index (κ3) is 4.42. The average molecular weight is 344 g/mol. The fraction of sp³-hybridized carbons (Fsp3) is 0.250. The fourth-order valence-corrected chi connectivity index (χ4v) is 2.32. The van der Waals surface area contributed by atoms with Gasteiger partial charge in [-0.05, 0) is 18.2 Å². The maximum atomic E-state index is 12.3. The van der Waals surface area contributed by atoms with Crippen molar-refractivity contribution in [3.05, 3.63) is 41.9 Å². The normalized spacial score (nSPS) is 10.3. The monoisotopic (exact) mass is 344 g/mol. The predicted molar refractivity (Wildman–Crippen MR) is 92.0 cm³/mol. The molecule has 25 heavy (non-hydrogen) atoms. The quantitative estimate of drug-likeness (QED) is 0.328. The number of pyridine rings is 1. The SMILES string of the molecule is CONC(=N)CCNC(=O)c1cc(-c2ncccc2C(N)=O)cn1C. The molecule has 0 radical (unpaired) electrons. The van der Waals surface area contributed by atoms with Gasteiger partial charge in [-0.1, -0.05) is 0 Å². The molecule has 0 aliphatic carbocycles. The summed E-state index contributed by atoms with van der Waals surface area (Å²) in [4.78, 5) is 32.6. The molecule has 2 aromatic rings. The van der Waals surface area contributed by atoms with Gasteiger partial charge in [-0.25, -0.2) is 0 Å². The van der Waals surface area contributed by atoms with E-state index in [1.807, 2.05) is 0 Å². The summed E-state index contributed by atoms with van der Waals surface area (Å²) in [7, 11) is 3.14. The molecule has 0 aromatic carbocycles. The molecule has 2 aromatic heterocycles. The Bertz CT molecular complexity index is 799. The van der Waals surface area contributed by atoms with Crippen LogP contribution in [0, 0.1) is 5.41 Å². The number of aromatic nitrogens is 2. The summed E-state index contributed by atoms with van der Waals surface area (Å²) in [5.74, 6) is -0.715. The number of hydrogen-bond acceptors (Lipinski definition) is 5. The van der Waals surface area contributed by atoms with Gasteiger partial charge in [-0.3, -0.25) is 30.3 Å². The lowest BCUT2D eigenvalue weighted by Crippen LogP contribution is -2.30. The number of hydrogen-bond donors (Lipinski definition) is 4. The first-order valence-corrected chi connectivity index (χ1v) is 7.50. The molecular formula is C16H20N6O3. The smallest absolute Gasteiger partial charge is 0.267 e. The van der Waals surface area contributed by atoms with E-state index in [0.29, 0.717) is 28.9 Å². The molecule has 0 spiro atoms. The van der Waals surface area contributed by atoms with Crippen LogP contribution in [0.5, 0.6) is 0 Å². The minimum atomic E-state index is -0.581. The van der Waals surface area contributed by atoms with Gasteiger partial charge in [0.25, 0.3) is 11.8 Å². The Labute approximate surface area is 144 Å². The fourth-order valence-electron chi connectivity index (χ4n) is 2.32. The number of aryl methyl sites for hydroxylation is 1. The van der Waals surface area contributed by atoms with Crippen LogP contribution in [0.4, 0.5) is 0 Å². The van der Waals surface area contributed by atoms with Crippen LogP contribution in [0.25, 0.3) is 11.3 Å². The number of amidine groups is 1. The minimum Gasteiger partial charge on any atom is -0.366 e. The summed E-state index contributed by atoms with van der Waals surface area (Å²) in [5, 5.41) is 10.2. The van der Waals surface area contributed by atoms with Gasteiger partial charge in [-0.15, -0.1) is 0 Å². The lowest BCUT2D eigenvalue weighted by atomic mass is 10.1. The standard InChI is InChI=1S/C16H20N6O3/c1-22-9-10(14-11(15(18)23)4-3-6-19-14)8-12(22)16(24)20-7-5-13(17)21-25-2/h3-4,6,8-9H,5,7H2,1-2H3,(H2,17,21)(H2,18,23)(H,20,24). The zero-order chi connectivity index (χ0) is 18.4. The van der Waals surface area contributed by atoms with E-state index in [-0.39, 0.29) is 18.3 Å². The molecule has 2 heterocycles. The van der Waals surface area contributed by atoms with Crippen LogP contribution in [-0.2, 0) is 11.9 Å². The molecule has 0 unspecified atom stereocenters. The largest absolute Gasteiger partial charge is 0.366 e. The topological polar surface area (TPSA) is 135 Å². The lowest BCUT2D eigenvalue weighted by Gasteiger charge is -2.07. The first kappa shape index (κ1) is 18.1. The molecule has 0 bridgehead atoms. The van der Waals surface area contributed by atoms with Gasteiger partial charge in [0.05, 0.1) is 18.4 Å². The first-order valence-electron chi connectivity index (χ1n) is 7.50. The van der Waals surface area contributed by atoms with Crippen molar-refractivity contribution in [1.29, 1.82) is 5.41 Å². The van der Waals surface area contributed by atoms with Gasteiger partial charge in [0.2, 0.25) is 0 Å². The molecule has 9 heteroatoms. The number of rotatable bonds is 7. The second-order valence-electron chi connectivity index (χ2n) is 5.28. The van der Waals surface area contributed by atoms with Crippen molar-refractivity contribution >= 4 is 17.6 Å². The highest BCUT2D eigenvalue weighted by Gasteiger charge is 2.17. The molecule has 0 atom stereocenters. The van der Waals surface area contributed by atoms with Gasteiger partial charge >= 0.3 is 0 Å². The van der Waals surface area contributed by atoms with Crippen molar-refractivity contribution in [1.82, 2.24) is 20.3 Å². The van der Waals surface area contributed by atoms with Gasteiger partial charge < -0.3 is 15.6 Å². The Balaban J connectivity index is 2.14.